The minimum absolute atomic E-state index is 0.0863. The highest BCUT2D eigenvalue weighted by Gasteiger charge is 2.36. The predicted molar refractivity (Wildman–Crippen MR) is 71.3 cm³/mol. The summed E-state index contributed by atoms with van der Waals surface area (Å²) >= 11 is 0. The van der Waals surface area contributed by atoms with Gasteiger partial charge >= 0.3 is 0 Å². The van der Waals surface area contributed by atoms with Crippen LogP contribution in [0.3, 0.4) is 0 Å². The van der Waals surface area contributed by atoms with E-state index in [0.717, 1.165) is 13.1 Å². The number of likely N-dealkylation sites (N-methyl/N-ethyl adjacent to an activating group) is 1. The number of hydrogen-bond donors (Lipinski definition) is 1. The van der Waals surface area contributed by atoms with Crippen molar-refractivity contribution in [2.24, 2.45) is 0 Å². The minimum atomic E-state index is -0.0863. The highest BCUT2D eigenvalue weighted by atomic mass is 16.3. The van der Waals surface area contributed by atoms with Crippen LogP contribution in [0.15, 0.2) is 0 Å². The van der Waals surface area contributed by atoms with E-state index in [-0.39, 0.29) is 18.6 Å². The summed E-state index contributed by atoms with van der Waals surface area (Å²) in [7, 11) is 1.87. The van der Waals surface area contributed by atoms with Crippen molar-refractivity contribution in [2.45, 2.75) is 57.0 Å². The average Bonchev–Trinajstić information content (AvgIpc) is 2.64. The first kappa shape index (κ1) is 13.8. The zero-order valence-electron chi connectivity index (χ0n) is 11.5. The molecule has 4 nitrogen and oxygen atoms in total. The van der Waals surface area contributed by atoms with Crippen LogP contribution in [-0.4, -0.2) is 59.6 Å². The van der Waals surface area contributed by atoms with Crippen LogP contribution in [0.2, 0.25) is 0 Å². The molecular formula is C14H26N2O2. The molecule has 0 aromatic heterocycles. The summed E-state index contributed by atoms with van der Waals surface area (Å²) in [4.78, 5) is 16.4. The molecular weight excluding hydrogens is 228 g/mol. The van der Waals surface area contributed by atoms with Crippen LogP contribution in [-0.2, 0) is 4.79 Å². The van der Waals surface area contributed by atoms with Gasteiger partial charge in [0.15, 0.2) is 0 Å². The fraction of sp³-hybridized carbons (Fsp3) is 0.929. The van der Waals surface area contributed by atoms with Crippen molar-refractivity contribution >= 4 is 5.91 Å². The van der Waals surface area contributed by atoms with E-state index < -0.39 is 0 Å². The molecule has 2 rings (SSSR count). The number of amides is 1. The second-order valence-corrected chi connectivity index (χ2v) is 5.67. The van der Waals surface area contributed by atoms with Crippen LogP contribution < -0.4 is 0 Å². The summed E-state index contributed by atoms with van der Waals surface area (Å²) in [5.41, 5.74) is 0. The molecule has 1 saturated carbocycles. The second-order valence-electron chi connectivity index (χ2n) is 5.67. The fourth-order valence-electron chi connectivity index (χ4n) is 3.37. The number of piperazine rings is 1. The molecule has 18 heavy (non-hydrogen) atoms. The Morgan fingerprint density at radius 2 is 1.83 bits per heavy atom. The quantitative estimate of drug-likeness (QED) is 0.771. The van der Waals surface area contributed by atoms with Crippen LogP contribution >= 0.6 is 0 Å². The Kier molecular flexibility index (Phi) is 5.01. The third-order valence-corrected chi connectivity index (χ3v) is 4.45. The first-order chi connectivity index (χ1) is 8.74. The van der Waals surface area contributed by atoms with Crippen LogP contribution in [0.4, 0.5) is 0 Å². The normalized spacial score (nSPS) is 28.4. The Morgan fingerprint density at radius 3 is 2.44 bits per heavy atom. The summed E-state index contributed by atoms with van der Waals surface area (Å²) in [6.45, 7) is 1.91. The van der Waals surface area contributed by atoms with Gasteiger partial charge in [-0.3, -0.25) is 9.69 Å². The predicted octanol–water partition coefficient (Wildman–Crippen LogP) is 1.23. The van der Waals surface area contributed by atoms with Gasteiger partial charge in [-0.05, 0) is 19.3 Å². The van der Waals surface area contributed by atoms with E-state index in [0.29, 0.717) is 12.5 Å². The standard InChI is InChI=1S/C14H26N2O2/c1-15-9-10-16(13(8-11-17)14(15)18)12-6-4-2-3-5-7-12/h12-13,17H,2-11H2,1H3. The first-order valence-corrected chi connectivity index (χ1v) is 7.35. The maximum atomic E-state index is 12.2. The maximum Gasteiger partial charge on any atom is 0.239 e. The Morgan fingerprint density at radius 1 is 1.17 bits per heavy atom. The fourth-order valence-corrected chi connectivity index (χ4v) is 3.37. The molecule has 4 heteroatoms. The molecule has 104 valence electrons. The van der Waals surface area contributed by atoms with Crippen LogP contribution in [0.25, 0.3) is 0 Å². The molecule has 0 radical (unpaired) electrons. The summed E-state index contributed by atoms with van der Waals surface area (Å²) < 4.78 is 0. The molecule has 1 saturated heterocycles. The van der Waals surface area contributed by atoms with E-state index in [1.165, 1.54) is 38.5 Å². The highest BCUT2D eigenvalue weighted by Crippen LogP contribution is 2.26. The lowest BCUT2D eigenvalue weighted by Crippen LogP contribution is -2.58. The molecule has 0 aromatic rings. The average molecular weight is 254 g/mol. The molecule has 1 N–H and O–H groups in total. The first-order valence-electron chi connectivity index (χ1n) is 7.35. The Labute approximate surface area is 110 Å². The van der Waals surface area contributed by atoms with Gasteiger partial charge in [0, 0.05) is 32.8 Å². The van der Waals surface area contributed by atoms with Gasteiger partial charge in [0.2, 0.25) is 5.91 Å². The van der Waals surface area contributed by atoms with Gasteiger partial charge in [-0.2, -0.15) is 0 Å². The highest BCUT2D eigenvalue weighted by molar-refractivity contribution is 5.82. The smallest absolute Gasteiger partial charge is 0.239 e. The summed E-state index contributed by atoms with van der Waals surface area (Å²) in [6.07, 6.45) is 8.28. The van der Waals surface area contributed by atoms with Gasteiger partial charge in [0.1, 0.15) is 0 Å². The number of aliphatic hydroxyl groups is 1. The van der Waals surface area contributed by atoms with E-state index in [1.54, 1.807) is 0 Å². The summed E-state index contributed by atoms with van der Waals surface area (Å²) in [5, 5.41) is 9.20. The molecule has 0 aromatic carbocycles. The topological polar surface area (TPSA) is 43.8 Å². The van der Waals surface area contributed by atoms with Crippen molar-refractivity contribution in [1.82, 2.24) is 9.80 Å². The number of nitrogens with zero attached hydrogens (tertiary/aromatic N) is 2. The van der Waals surface area contributed by atoms with Crippen LogP contribution in [0, 0.1) is 0 Å². The SMILES string of the molecule is CN1CCN(C2CCCCCC2)C(CCO)C1=O. The molecule has 1 heterocycles. The number of carbonyl (C=O) groups excluding carboxylic acids is 1. The van der Waals surface area contributed by atoms with Gasteiger partial charge in [-0.15, -0.1) is 0 Å². The monoisotopic (exact) mass is 254 g/mol. The zero-order valence-corrected chi connectivity index (χ0v) is 11.5. The van der Waals surface area contributed by atoms with E-state index in [1.807, 2.05) is 11.9 Å². The van der Waals surface area contributed by atoms with Gasteiger partial charge in [0.05, 0.1) is 6.04 Å². The summed E-state index contributed by atoms with van der Waals surface area (Å²) in [5.74, 6) is 0.194. The van der Waals surface area contributed by atoms with Crippen molar-refractivity contribution < 1.29 is 9.90 Å². The lowest BCUT2D eigenvalue weighted by molar-refractivity contribution is -0.142. The Hall–Kier alpha value is -0.610. The zero-order chi connectivity index (χ0) is 13.0. The van der Waals surface area contributed by atoms with E-state index >= 15 is 0 Å². The molecule has 1 amide bonds. The van der Waals surface area contributed by atoms with Crippen LogP contribution in [0.5, 0.6) is 0 Å². The van der Waals surface area contributed by atoms with Crippen molar-refractivity contribution in [3.05, 3.63) is 0 Å². The molecule has 1 atom stereocenters. The van der Waals surface area contributed by atoms with Gasteiger partial charge < -0.3 is 10.0 Å². The molecule has 0 spiro atoms. The largest absolute Gasteiger partial charge is 0.396 e. The third kappa shape index (κ3) is 3.04. The third-order valence-electron chi connectivity index (χ3n) is 4.45. The number of hydrogen-bond acceptors (Lipinski definition) is 3. The van der Waals surface area contributed by atoms with E-state index in [2.05, 4.69) is 4.90 Å². The number of rotatable bonds is 3. The van der Waals surface area contributed by atoms with E-state index in [4.69, 9.17) is 0 Å². The van der Waals surface area contributed by atoms with Gasteiger partial charge in [-0.25, -0.2) is 0 Å². The summed E-state index contributed by atoms with van der Waals surface area (Å²) in [6, 6.07) is 0.471. The van der Waals surface area contributed by atoms with Gasteiger partial charge in [-0.1, -0.05) is 25.7 Å². The van der Waals surface area contributed by atoms with Crippen LogP contribution in [0.1, 0.15) is 44.9 Å². The molecule has 0 bridgehead atoms. The van der Waals surface area contributed by atoms with Crippen molar-refractivity contribution in [2.75, 3.05) is 26.7 Å². The molecule has 1 aliphatic heterocycles. The van der Waals surface area contributed by atoms with Gasteiger partial charge in [0.25, 0.3) is 0 Å². The molecule has 2 aliphatic rings. The molecule has 1 unspecified atom stereocenters. The van der Waals surface area contributed by atoms with Crippen molar-refractivity contribution in [3.8, 4) is 0 Å². The van der Waals surface area contributed by atoms with E-state index in [9.17, 15) is 9.90 Å². The van der Waals surface area contributed by atoms with Crippen molar-refractivity contribution in [1.29, 1.82) is 0 Å². The lowest BCUT2D eigenvalue weighted by Gasteiger charge is -2.43. The second kappa shape index (κ2) is 6.53. The maximum absolute atomic E-state index is 12.2. The number of carbonyl (C=O) groups is 1. The van der Waals surface area contributed by atoms with Crippen molar-refractivity contribution in [3.63, 3.8) is 0 Å². The Balaban J connectivity index is 2.05. The lowest BCUT2D eigenvalue weighted by atomic mass is 10.00. The number of aliphatic hydroxyl groups excluding tert-OH is 1. The Bertz CT molecular complexity index is 275. The molecule has 1 aliphatic carbocycles. The minimum Gasteiger partial charge on any atom is -0.396 e. The molecule has 2 fully saturated rings.